The summed E-state index contributed by atoms with van der Waals surface area (Å²) in [6, 6.07) is 6.78. The van der Waals surface area contributed by atoms with Crippen molar-refractivity contribution < 1.29 is 0 Å². The summed E-state index contributed by atoms with van der Waals surface area (Å²) in [6.45, 7) is 8.54. The Labute approximate surface area is 184 Å². The van der Waals surface area contributed by atoms with Gasteiger partial charge in [0, 0.05) is 53.6 Å². The molecule has 1 aliphatic rings. The minimum atomic E-state index is 0.396. The first-order chi connectivity index (χ1) is 15.1. The summed E-state index contributed by atoms with van der Waals surface area (Å²) in [5.74, 6) is 0.396. The van der Waals surface area contributed by atoms with Crippen LogP contribution in [0.1, 0.15) is 42.1 Å². The molecule has 156 valence electrons. The number of aromatic nitrogens is 5. The van der Waals surface area contributed by atoms with Crippen LogP contribution in [0.3, 0.4) is 0 Å². The van der Waals surface area contributed by atoms with E-state index in [0.29, 0.717) is 5.92 Å². The number of hydrogen-bond acceptors (Lipinski definition) is 5. The number of nitrogens with one attached hydrogen (secondary N) is 2. The van der Waals surface area contributed by atoms with Crippen LogP contribution in [0, 0.1) is 6.92 Å². The van der Waals surface area contributed by atoms with E-state index in [1.54, 1.807) is 6.33 Å². The van der Waals surface area contributed by atoms with Crippen molar-refractivity contribution in [2.75, 3.05) is 6.54 Å². The van der Waals surface area contributed by atoms with Crippen LogP contribution in [0.15, 0.2) is 36.9 Å². The van der Waals surface area contributed by atoms with E-state index in [9.17, 15) is 0 Å². The molecule has 0 atom stereocenters. The number of hydrogen-bond donors (Lipinski definition) is 2. The van der Waals surface area contributed by atoms with Gasteiger partial charge in [-0.2, -0.15) is 5.10 Å². The van der Waals surface area contributed by atoms with Crippen LogP contribution in [0.4, 0.5) is 0 Å². The van der Waals surface area contributed by atoms with Gasteiger partial charge in [-0.15, -0.1) is 11.3 Å². The zero-order valence-corrected chi connectivity index (χ0v) is 18.7. The molecule has 6 rings (SSSR count). The Kier molecular flexibility index (Phi) is 4.23. The van der Waals surface area contributed by atoms with Crippen molar-refractivity contribution in [3.05, 3.63) is 59.3 Å². The molecular formula is C24H24N6S. The van der Waals surface area contributed by atoms with Gasteiger partial charge in [0.05, 0.1) is 15.9 Å². The summed E-state index contributed by atoms with van der Waals surface area (Å²) in [7, 11) is 0. The number of H-pyrrole nitrogens is 1. The van der Waals surface area contributed by atoms with Gasteiger partial charge in [0.2, 0.25) is 0 Å². The molecule has 0 spiro atoms. The van der Waals surface area contributed by atoms with Gasteiger partial charge in [-0.05, 0) is 47.7 Å². The standard InChI is InChI=1S/C24H24N6S/c1-13(2)21-22(17-6-14(3)24-27-12-28-30(24)11-17)29-19-8-20(31-23(19)21)16-7-15-9-25-5-4-18(15)26-10-16/h6-8,10-13,25,29H,4-5,9H2,1-3H3. The molecule has 0 radical (unpaired) electrons. The van der Waals surface area contributed by atoms with E-state index in [2.05, 4.69) is 65.6 Å². The fraction of sp³-hybridized carbons (Fsp3) is 0.292. The molecule has 31 heavy (non-hydrogen) atoms. The summed E-state index contributed by atoms with van der Waals surface area (Å²) >= 11 is 1.85. The lowest BCUT2D eigenvalue weighted by atomic mass is 9.99. The molecule has 0 aromatic carbocycles. The topological polar surface area (TPSA) is 70.9 Å². The monoisotopic (exact) mass is 428 g/mol. The lowest BCUT2D eigenvalue weighted by Gasteiger charge is -2.16. The number of nitrogens with zero attached hydrogens (tertiary/aromatic N) is 4. The SMILES string of the molecule is Cc1cc(-c2[nH]c3cc(-c4cnc5c(c4)CNCC5)sc3c2C(C)C)cn2ncnc12. The number of aryl methyl sites for hydroxylation is 1. The maximum atomic E-state index is 4.75. The summed E-state index contributed by atoms with van der Waals surface area (Å²) in [5, 5.41) is 7.80. The third kappa shape index (κ3) is 2.99. The molecule has 0 aliphatic carbocycles. The van der Waals surface area contributed by atoms with Crippen molar-refractivity contribution in [2.24, 2.45) is 0 Å². The van der Waals surface area contributed by atoms with Crippen molar-refractivity contribution in [1.29, 1.82) is 0 Å². The molecule has 0 amide bonds. The fourth-order valence-corrected chi connectivity index (χ4v) is 5.93. The van der Waals surface area contributed by atoms with Crippen LogP contribution in [0.25, 0.3) is 37.6 Å². The average molecular weight is 429 g/mol. The predicted octanol–water partition coefficient (Wildman–Crippen LogP) is 5.08. The number of fused-ring (bicyclic) bond motifs is 3. The van der Waals surface area contributed by atoms with Gasteiger partial charge in [-0.25, -0.2) is 9.50 Å². The highest BCUT2D eigenvalue weighted by Gasteiger charge is 2.21. The summed E-state index contributed by atoms with van der Waals surface area (Å²) in [6.07, 6.45) is 6.72. The molecule has 0 unspecified atom stereocenters. The average Bonchev–Trinajstić information content (AvgIpc) is 3.47. The van der Waals surface area contributed by atoms with Crippen molar-refractivity contribution in [1.82, 2.24) is 29.9 Å². The quantitative estimate of drug-likeness (QED) is 0.420. The Balaban J connectivity index is 1.49. The van der Waals surface area contributed by atoms with Crippen molar-refractivity contribution in [3.8, 4) is 21.7 Å². The number of rotatable bonds is 3. The summed E-state index contributed by atoms with van der Waals surface area (Å²) in [4.78, 5) is 14.1. The van der Waals surface area contributed by atoms with E-state index in [0.717, 1.165) is 36.3 Å². The number of aromatic amines is 1. The van der Waals surface area contributed by atoms with Crippen molar-refractivity contribution in [3.63, 3.8) is 0 Å². The minimum absolute atomic E-state index is 0.396. The normalized spacial score (nSPS) is 14.1. The molecule has 0 saturated heterocycles. The molecule has 5 aromatic heterocycles. The summed E-state index contributed by atoms with van der Waals surface area (Å²) < 4.78 is 3.19. The Morgan fingerprint density at radius 2 is 2.03 bits per heavy atom. The zero-order chi connectivity index (χ0) is 21.1. The number of thiophene rings is 1. The van der Waals surface area contributed by atoms with Gasteiger partial charge in [0.1, 0.15) is 6.33 Å². The molecule has 5 aromatic rings. The first kappa shape index (κ1) is 18.7. The van der Waals surface area contributed by atoms with E-state index in [4.69, 9.17) is 4.98 Å². The second-order valence-electron chi connectivity index (χ2n) is 8.62. The van der Waals surface area contributed by atoms with Crippen molar-refractivity contribution >= 4 is 27.2 Å². The first-order valence-electron chi connectivity index (χ1n) is 10.7. The second kappa shape index (κ2) is 7.00. The van der Waals surface area contributed by atoms with Gasteiger partial charge in [0.15, 0.2) is 5.65 Å². The molecule has 0 saturated carbocycles. The highest BCUT2D eigenvalue weighted by atomic mass is 32.1. The van der Waals surface area contributed by atoms with Crippen LogP contribution in [0.2, 0.25) is 0 Å². The van der Waals surface area contributed by atoms with Gasteiger partial charge in [-0.3, -0.25) is 4.98 Å². The van der Waals surface area contributed by atoms with Gasteiger partial charge < -0.3 is 10.3 Å². The van der Waals surface area contributed by atoms with E-state index >= 15 is 0 Å². The zero-order valence-electron chi connectivity index (χ0n) is 17.9. The second-order valence-corrected chi connectivity index (χ2v) is 9.67. The molecule has 7 heteroatoms. The third-order valence-corrected chi connectivity index (χ3v) is 7.35. The molecule has 0 bridgehead atoms. The van der Waals surface area contributed by atoms with E-state index in [-0.39, 0.29) is 0 Å². The molecular weight excluding hydrogens is 404 g/mol. The van der Waals surface area contributed by atoms with Gasteiger partial charge in [-0.1, -0.05) is 13.8 Å². The largest absolute Gasteiger partial charge is 0.354 e. The maximum Gasteiger partial charge on any atom is 0.158 e. The summed E-state index contributed by atoms with van der Waals surface area (Å²) in [5.41, 5.74) is 10.6. The van der Waals surface area contributed by atoms with Crippen LogP contribution in [-0.2, 0) is 13.0 Å². The lowest BCUT2D eigenvalue weighted by Crippen LogP contribution is -2.24. The third-order valence-electron chi connectivity index (χ3n) is 6.13. The fourth-order valence-electron chi connectivity index (χ4n) is 4.63. The predicted molar refractivity (Wildman–Crippen MR) is 126 cm³/mol. The Hall–Kier alpha value is -3.03. The minimum Gasteiger partial charge on any atom is -0.354 e. The van der Waals surface area contributed by atoms with Gasteiger partial charge >= 0.3 is 0 Å². The lowest BCUT2D eigenvalue weighted by molar-refractivity contribution is 0.630. The van der Waals surface area contributed by atoms with Gasteiger partial charge in [0.25, 0.3) is 0 Å². The molecule has 0 fully saturated rings. The van der Waals surface area contributed by atoms with Crippen LogP contribution < -0.4 is 5.32 Å². The van der Waals surface area contributed by atoms with E-state index in [1.165, 1.54) is 43.2 Å². The molecule has 1 aliphatic heterocycles. The van der Waals surface area contributed by atoms with Crippen LogP contribution >= 0.6 is 11.3 Å². The van der Waals surface area contributed by atoms with Crippen LogP contribution in [0.5, 0.6) is 0 Å². The molecule has 2 N–H and O–H groups in total. The number of pyridine rings is 2. The highest BCUT2D eigenvalue weighted by Crippen LogP contribution is 2.43. The Morgan fingerprint density at radius 3 is 2.90 bits per heavy atom. The highest BCUT2D eigenvalue weighted by molar-refractivity contribution is 7.22. The van der Waals surface area contributed by atoms with E-state index < -0.39 is 0 Å². The van der Waals surface area contributed by atoms with Crippen LogP contribution in [-0.4, -0.2) is 31.1 Å². The molecule has 6 nitrogen and oxygen atoms in total. The van der Waals surface area contributed by atoms with Crippen molar-refractivity contribution in [2.45, 2.75) is 39.7 Å². The first-order valence-corrected chi connectivity index (χ1v) is 11.5. The Morgan fingerprint density at radius 1 is 1.13 bits per heavy atom. The molecule has 6 heterocycles. The van der Waals surface area contributed by atoms with E-state index in [1.807, 2.05) is 22.0 Å². The smallest absolute Gasteiger partial charge is 0.158 e. The Bertz CT molecular complexity index is 1440. The maximum absolute atomic E-state index is 4.75.